The van der Waals surface area contributed by atoms with Crippen LogP contribution in [-0.2, 0) is 11.0 Å². The molecular weight excluding hydrogens is 226 g/mol. The summed E-state index contributed by atoms with van der Waals surface area (Å²) < 4.78 is 17.8. The van der Waals surface area contributed by atoms with Crippen molar-refractivity contribution in [3.05, 3.63) is 23.8 Å². The van der Waals surface area contributed by atoms with E-state index in [0.29, 0.717) is 10.6 Å². The first-order chi connectivity index (χ1) is 7.59. The van der Waals surface area contributed by atoms with Crippen molar-refractivity contribution >= 4 is 17.1 Å². The number of fused-ring (bicyclic) bond motifs is 1. The van der Waals surface area contributed by atoms with Gasteiger partial charge < -0.3 is 4.74 Å². The molecule has 0 fully saturated rings. The highest BCUT2D eigenvalue weighted by atomic mass is 32.2. The van der Waals surface area contributed by atoms with Gasteiger partial charge in [0.05, 0.1) is 0 Å². The monoisotopic (exact) mass is 241 g/mol. The smallest absolute Gasteiger partial charge is 0.408 e. The molecule has 0 N–H and O–H groups in total. The number of carbonyl (C=O) groups excluding carboxylic acids is 1. The van der Waals surface area contributed by atoms with E-state index < -0.39 is 17.1 Å². The van der Waals surface area contributed by atoms with Crippen LogP contribution < -0.4 is 4.74 Å². The molecule has 1 atom stereocenters. The topological polar surface area (TPSA) is 46.6 Å². The molecule has 0 spiro atoms. The lowest BCUT2D eigenvalue weighted by Gasteiger charge is -2.23. The Hall–Kier alpha value is -1.36. The lowest BCUT2D eigenvalue weighted by Crippen LogP contribution is -2.35. The molecule has 0 saturated heterocycles. The predicted octanol–water partition coefficient (Wildman–Crippen LogP) is 2.49. The van der Waals surface area contributed by atoms with E-state index in [1.165, 1.54) is 7.05 Å². The summed E-state index contributed by atoms with van der Waals surface area (Å²) in [6.07, 6.45) is -0.584. The zero-order chi connectivity index (χ0) is 12.3. The van der Waals surface area contributed by atoms with E-state index in [1.54, 1.807) is 12.1 Å². The zero-order valence-corrected chi connectivity index (χ0v) is 10.6. The summed E-state index contributed by atoms with van der Waals surface area (Å²) in [5, 5.41) is 0. The fourth-order valence-electron chi connectivity index (χ4n) is 1.21. The molecule has 5 heteroatoms. The highest BCUT2D eigenvalue weighted by molar-refractivity contribution is 7.83. The fraction of sp³-hybridized carbons (Fsp3) is 0.364. The average molecular weight is 241 g/mol. The number of hydrogen-bond donors (Lipinski definition) is 0. The Morgan fingerprint density at radius 1 is 1.31 bits per heavy atom. The molecule has 1 amide bonds. The van der Waals surface area contributed by atoms with Gasteiger partial charge in [-0.25, -0.2) is 13.3 Å². The maximum Gasteiger partial charge on any atom is 0.427 e. The number of carbonyl (C=O) groups is 1. The van der Waals surface area contributed by atoms with Crippen LogP contribution in [0.3, 0.4) is 0 Å². The van der Waals surface area contributed by atoms with Crippen LogP contribution in [0.25, 0.3) is 0 Å². The SMILES string of the molecule is CC.Cc1ccc2c(c1)S(=O)N(C)C(=O)O2. The van der Waals surface area contributed by atoms with E-state index in [2.05, 4.69) is 0 Å². The third-order valence-corrected chi connectivity index (χ3v) is 3.33. The molecule has 1 aromatic carbocycles. The van der Waals surface area contributed by atoms with Gasteiger partial charge in [0.1, 0.15) is 4.90 Å². The maximum atomic E-state index is 11.7. The average Bonchev–Trinajstić information content (AvgIpc) is 2.30. The van der Waals surface area contributed by atoms with Crippen molar-refractivity contribution in [1.29, 1.82) is 0 Å². The largest absolute Gasteiger partial charge is 0.427 e. The molecule has 0 bridgehead atoms. The highest BCUT2D eigenvalue weighted by Crippen LogP contribution is 2.29. The van der Waals surface area contributed by atoms with Crippen molar-refractivity contribution in [3.8, 4) is 5.75 Å². The number of aryl methyl sites for hydroxylation is 1. The van der Waals surface area contributed by atoms with Crippen LogP contribution in [-0.4, -0.2) is 21.7 Å². The Morgan fingerprint density at radius 2 is 1.94 bits per heavy atom. The predicted molar refractivity (Wildman–Crippen MR) is 62.7 cm³/mol. The minimum atomic E-state index is -1.44. The summed E-state index contributed by atoms with van der Waals surface area (Å²) in [4.78, 5) is 11.7. The minimum absolute atomic E-state index is 0.386. The molecule has 0 aromatic heterocycles. The molecule has 1 aliphatic heterocycles. The number of ether oxygens (including phenoxy) is 1. The highest BCUT2D eigenvalue weighted by Gasteiger charge is 2.28. The Bertz CT molecular complexity index is 431. The van der Waals surface area contributed by atoms with Gasteiger partial charge in [-0.1, -0.05) is 19.9 Å². The van der Waals surface area contributed by atoms with Crippen LogP contribution in [0.1, 0.15) is 19.4 Å². The van der Waals surface area contributed by atoms with Crippen LogP contribution in [0.2, 0.25) is 0 Å². The van der Waals surface area contributed by atoms with Crippen molar-refractivity contribution in [2.75, 3.05) is 7.05 Å². The van der Waals surface area contributed by atoms with Gasteiger partial charge >= 0.3 is 6.09 Å². The van der Waals surface area contributed by atoms with E-state index in [4.69, 9.17) is 4.74 Å². The molecular formula is C11H15NO3S. The Labute approximate surface area is 97.8 Å². The van der Waals surface area contributed by atoms with Crippen molar-refractivity contribution < 1.29 is 13.7 Å². The molecule has 0 saturated carbocycles. The standard InChI is InChI=1S/C9H9NO3S.C2H6/c1-6-3-4-7-8(5-6)14(12)10(2)9(11)13-7;1-2/h3-5H,1-2H3;1-2H3. The second kappa shape index (κ2) is 5.12. The fourth-order valence-corrected chi connectivity index (χ4v) is 2.25. The molecule has 2 rings (SSSR count). The summed E-state index contributed by atoms with van der Waals surface area (Å²) in [6.45, 7) is 5.90. The van der Waals surface area contributed by atoms with Gasteiger partial charge in [0.15, 0.2) is 16.7 Å². The molecule has 0 aliphatic carbocycles. The van der Waals surface area contributed by atoms with Crippen molar-refractivity contribution in [2.45, 2.75) is 25.7 Å². The van der Waals surface area contributed by atoms with Crippen molar-refractivity contribution in [2.24, 2.45) is 0 Å². The first kappa shape index (κ1) is 12.7. The second-order valence-electron chi connectivity index (χ2n) is 3.06. The number of hydrogen-bond acceptors (Lipinski definition) is 3. The van der Waals surface area contributed by atoms with Gasteiger partial charge in [0.25, 0.3) is 0 Å². The third-order valence-electron chi connectivity index (χ3n) is 1.99. The Balaban J connectivity index is 0.000000606. The van der Waals surface area contributed by atoms with Gasteiger partial charge in [0, 0.05) is 7.05 Å². The number of rotatable bonds is 0. The lowest BCUT2D eigenvalue weighted by atomic mass is 10.2. The van der Waals surface area contributed by atoms with Gasteiger partial charge in [-0.05, 0) is 24.6 Å². The number of amides is 1. The van der Waals surface area contributed by atoms with E-state index in [0.717, 1.165) is 9.87 Å². The normalized spacial score (nSPS) is 18.1. The van der Waals surface area contributed by atoms with E-state index in [9.17, 15) is 9.00 Å². The minimum Gasteiger partial charge on any atom is -0.408 e. The summed E-state index contributed by atoms with van der Waals surface area (Å²) >= 11 is 0. The van der Waals surface area contributed by atoms with Crippen molar-refractivity contribution in [3.63, 3.8) is 0 Å². The number of benzene rings is 1. The summed E-state index contributed by atoms with van der Waals surface area (Å²) in [6, 6.07) is 5.23. The lowest BCUT2D eigenvalue weighted by molar-refractivity contribution is 0.181. The first-order valence-corrected chi connectivity index (χ1v) is 6.18. The number of nitrogens with zero attached hydrogens (tertiary/aromatic N) is 1. The van der Waals surface area contributed by atoms with Crippen LogP contribution >= 0.6 is 0 Å². The van der Waals surface area contributed by atoms with Crippen molar-refractivity contribution in [1.82, 2.24) is 4.31 Å². The van der Waals surface area contributed by atoms with E-state index in [-0.39, 0.29) is 0 Å². The zero-order valence-electron chi connectivity index (χ0n) is 9.81. The summed E-state index contributed by atoms with van der Waals surface area (Å²) in [5.41, 5.74) is 0.989. The third kappa shape index (κ3) is 2.24. The summed E-state index contributed by atoms with van der Waals surface area (Å²) in [5.74, 6) is 0.386. The molecule has 1 aliphatic rings. The Morgan fingerprint density at radius 3 is 2.56 bits per heavy atom. The maximum absolute atomic E-state index is 11.7. The molecule has 1 heterocycles. The van der Waals surface area contributed by atoms with Crippen LogP contribution in [0.15, 0.2) is 23.1 Å². The van der Waals surface area contributed by atoms with E-state index >= 15 is 0 Å². The molecule has 1 unspecified atom stereocenters. The van der Waals surface area contributed by atoms with Crippen LogP contribution in [0.5, 0.6) is 5.75 Å². The van der Waals surface area contributed by atoms with Gasteiger partial charge in [-0.15, -0.1) is 0 Å². The van der Waals surface area contributed by atoms with Crippen LogP contribution in [0.4, 0.5) is 4.79 Å². The van der Waals surface area contributed by atoms with Gasteiger partial charge in [0.2, 0.25) is 0 Å². The Kier molecular flexibility index (Phi) is 4.06. The quantitative estimate of drug-likeness (QED) is 0.701. The molecule has 1 aromatic rings. The molecule has 88 valence electrons. The van der Waals surface area contributed by atoms with Gasteiger partial charge in [-0.3, -0.25) is 0 Å². The molecule has 0 radical (unpaired) electrons. The summed E-state index contributed by atoms with van der Waals surface area (Å²) in [7, 11) is 0.00667. The first-order valence-electron chi connectivity index (χ1n) is 5.07. The second-order valence-corrected chi connectivity index (χ2v) is 4.55. The molecule has 4 nitrogen and oxygen atoms in total. The van der Waals surface area contributed by atoms with E-state index in [1.807, 2.05) is 26.8 Å². The van der Waals surface area contributed by atoms with Gasteiger partial charge in [-0.2, -0.15) is 0 Å². The van der Waals surface area contributed by atoms with Crippen LogP contribution in [0, 0.1) is 6.92 Å². The molecule has 16 heavy (non-hydrogen) atoms.